The number of nitrogens with one attached hydrogen (secondary N) is 2. The lowest BCUT2D eigenvalue weighted by Gasteiger charge is -2.18. The van der Waals surface area contributed by atoms with Gasteiger partial charge in [-0.3, -0.25) is 4.79 Å². The highest BCUT2D eigenvalue weighted by molar-refractivity contribution is 7.89. The van der Waals surface area contributed by atoms with Crippen molar-refractivity contribution >= 4 is 21.6 Å². The summed E-state index contributed by atoms with van der Waals surface area (Å²) in [5, 5.41) is 2.81. The zero-order valence-electron chi connectivity index (χ0n) is 16.9. The molecule has 28 heavy (non-hydrogen) atoms. The van der Waals surface area contributed by atoms with Crippen molar-refractivity contribution in [3.63, 3.8) is 0 Å². The molecule has 0 aliphatic carbocycles. The van der Waals surface area contributed by atoms with Crippen LogP contribution in [-0.2, 0) is 14.8 Å². The SMILES string of the molecule is COc1ccc(S(=O)(=O)NC(C)C(=O)Nc2c(C)cc(C)cc2C)cc1OC. The van der Waals surface area contributed by atoms with Gasteiger partial charge in [-0.2, -0.15) is 4.72 Å². The lowest BCUT2D eigenvalue weighted by Crippen LogP contribution is -2.41. The molecule has 0 fully saturated rings. The number of benzene rings is 2. The van der Waals surface area contributed by atoms with E-state index in [0.29, 0.717) is 11.4 Å². The molecule has 0 heterocycles. The van der Waals surface area contributed by atoms with Crippen molar-refractivity contribution in [2.45, 2.75) is 38.6 Å². The highest BCUT2D eigenvalue weighted by Gasteiger charge is 2.24. The Morgan fingerprint density at radius 1 is 0.964 bits per heavy atom. The van der Waals surface area contributed by atoms with Gasteiger partial charge in [-0.1, -0.05) is 17.7 Å². The summed E-state index contributed by atoms with van der Waals surface area (Å²) in [4.78, 5) is 12.5. The number of rotatable bonds is 7. The number of hydrogen-bond acceptors (Lipinski definition) is 5. The molecule has 0 radical (unpaired) electrons. The molecule has 2 aromatic rings. The number of methoxy groups -OCH3 is 2. The molecule has 152 valence electrons. The maximum Gasteiger partial charge on any atom is 0.242 e. The van der Waals surface area contributed by atoms with Gasteiger partial charge in [-0.25, -0.2) is 8.42 Å². The third kappa shape index (κ3) is 4.82. The number of ether oxygens (including phenoxy) is 2. The van der Waals surface area contributed by atoms with Crippen LogP contribution in [0.25, 0.3) is 0 Å². The fraction of sp³-hybridized carbons (Fsp3) is 0.350. The van der Waals surface area contributed by atoms with Crippen LogP contribution in [0.5, 0.6) is 11.5 Å². The van der Waals surface area contributed by atoms with Crippen LogP contribution in [-0.4, -0.2) is 34.6 Å². The molecule has 2 aromatic carbocycles. The van der Waals surface area contributed by atoms with Gasteiger partial charge < -0.3 is 14.8 Å². The first-order chi connectivity index (χ1) is 13.1. The molecule has 0 saturated heterocycles. The molecule has 7 nitrogen and oxygen atoms in total. The number of sulfonamides is 1. The second-order valence-electron chi connectivity index (χ2n) is 6.62. The van der Waals surface area contributed by atoms with Crippen LogP contribution < -0.4 is 19.5 Å². The number of hydrogen-bond donors (Lipinski definition) is 2. The molecule has 1 atom stereocenters. The van der Waals surface area contributed by atoms with Crippen molar-refractivity contribution in [1.82, 2.24) is 4.72 Å². The van der Waals surface area contributed by atoms with Crippen LogP contribution in [0.4, 0.5) is 5.69 Å². The third-order valence-electron chi connectivity index (χ3n) is 4.32. The summed E-state index contributed by atoms with van der Waals surface area (Å²) in [5.41, 5.74) is 3.62. The fourth-order valence-corrected chi connectivity index (χ4v) is 4.16. The van der Waals surface area contributed by atoms with E-state index < -0.39 is 22.0 Å². The minimum Gasteiger partial charge on any atom is -0.493 e. The maximum absolute atomic E-state index is 12.7. The molecule has 0 bridgehead atoms. The predicted molar refractivity (Wildman–Crippen MR) is 109 cm³/mol. The Labute approximate surface area is 166 Å². The number of carbonyl (C=O) groups excluding carboxylic acids is 1. The van der Waals surface area contributed by atoms with Crippen molar-refractivity contribution in [2.75, 3.05) is 19.5 Å². The van der Waals surface area contributed by atoms with Crippen molar-refractivity contribution in [3.8, 4) is 11.5 Å². The number of anilines is 1. The highest BCUT2D eigenvalue weighted by Crippen LogP contribution is 2.29. The average Bonchev–Trinajstić information content (AvgIpc) is 2.63. The molecular weight excluding hydrogens is 380 g/mol. The minimum absolute atomic E-state index is 0.0208. The Balaban J connectivity index is 2.19. The summed E-state index contributed by atoms with van der Waals surface area (Å²) in [6, 6.07) is 7.18. The van der Waals surface area contributed by atoms with E-state index in [-0.39, 0.29) is 10.6 Å². The van der Waals surface area contributed by atoms with E-state index in [0.717, 1.165) is 16.7 Å². The Morgan fingerprint density at radius 3 is 2.07 bits per heavy atom. The highest BCUT2D eigenvalue weighted by atomic mass is 32.2. The zero-order valence-corrected chi connectivity index (χ0v) is 17.7. The van der Waals surface area contributed by atoms with Crippen molar-refractivity contribution in [1.29, 1.82) is 0 Å². The Hall–Kier alpha value is -2.58. The normalized spacial score (nSPS) is 12.4. The largest absolute Gasteiger partial charge is 0.493 e. The topological polar surface area (TPSA) is 93.7 Å². The molecule has 0 aromatic heterocycles. The lowest BCUT2D eigenvalue weighted by atomic mass is 10.0. The van der Waals surface area contributed by atoms with Gasteiger partial charge in [-0.15, -0.1) is 0 Å². The van der Waals surface area contributed by atoms with Gasteiger partial charge in [0.05, 0.1) is 25.2 Å². The summed E-state index contributed by atoms with van der Waals surface area (Å²) in [6.07, 6.45) is 0. The number of carbonyl (C=O) groups is 1. The molecule has 2 N–H and O–H groups in total. The maximum atomic E-state index is 12.7. The average molecular weight is 407 g/mol. The molecule has 2 rings (SSSR count). The van der Waals surface area contributed by atoms with Gasteiger partial charge in [0, 0.05) is 11.8 Å². The number of aryl methyl sites for hydroxylation is 3. The summed E-state index contributed by atoms with van der Waals surface area (Å²) >= 11 is 0. The Bertz CT molecular complexity index is 963. The van der Waals surface area contributed by atoms with Crippen molar-refractivity contribution in [2.24, 2.45) is 0 Å². The fourth-order valence-electron chi connectivity index (χ4n) is 2.95. The smallest absolute Gasteiger partial charge is 0.242 e. The van der Waals surface area contributed by atoms with Crippen LogP contribution in [0.15, 0.2) is 35.2 Å². The summed E-state index contributed by atoms with van der Waals surface area (Å²) in [5.74, 6) is 0.255. The first-order valence-electron chi connectivity index (χ1n) is 8.72. The van der Waals surface area contributed by atoms with Gasteiger partial charge in [0.1, 0.15) is 0 Å². The first-order valence-corrected chi connectivity index (χ1v) is 10.2. The van der Waals surface area contributed by atoms with Crippen LogP contribution >= 0.6 is 0 Å². The molecule has 0 spiro atoms. The summed E-state index contributed by atoms with van der Waals surface area (Å²) in [6.45, 7) is 7.26. The second-order valence-corrected chi connectivity index (χ2v) is 8.34. The monoisotopic (exact) mass is 406 g/mol. The minimum atomic E-state index is -3.93. The van der Waals surface area contributed by atoms with Gasteiger partial charge >= 0.3 is 0 Å². The number of amides is 1. The second kappa shape index (κ2) is 8.62. The van der Waals surface area contributed by atoms with E-state index in [9.17, 15) is 13.2 Å². The van der Waals surface area contributed by atoms with Crippen LogP contribution in [0.1, 0.15) is 23.6 Å². The van der Waals surface area contributed by atoms with Crippen LogP contribution in [0.3, 0.4) is 0 Å². The Kier molecular flexibility index (Phi) is 6.69. The quantitative estimate of drug-likeness (QED) is 0.737. The van der Waals surface area contributed by atoms with E-state index in [2.05, 4.69) is 10.0 Å². The molecule has 8 heteroatoms. The molecule has 0 aliphatic heterocycles. The van der Waals surface area contributed by atoms with E-state index >= 15 is 0 Å². The standard InChI is InChI=1S/C20H26N2O5S/c1-12-9-13(2)19(14(3)10-12)21-20(23)15(4)22-28(24,25)16-7-8-17(26-5)18(11-16)27-6/h7-11,15,22H,1-6H3,(H,21,23). The third-order valence-corrected chi connectivity index (χ3v) is 5.85. The molecule has 0 saturated carbocycles. The van der Waals surface area contributed by atoms with E-state index in [1.807, 2.05) is 32.9 Å². The molecule has 1 unspecified atom stereocenters. The van der Waals surface area contributed by atoms with Gasteiger partial charge in [0.25, 0.3) is 0 Å². The van der Waals surface area contributed by atoms with Crippen LogP contribution in [0.2, 0.25) is 0 Å². The van der Waals surface area contributed by atoms with E-state index in [4.69, 9.17) is 9.47 Å². The van der Waals surface area contributed by atoms with Gasteiger partial charge in [0.15, 0.2) is 11.5 Å². The first kappa shape index (κ1) is 21.7. The van der Waals surface area contributed by atoms with Gasteiger partial charge in [-0.05, 0) is 51.0 Å². The summed E-state index contributed by atoms with van der Waals surface area (Å²) < 4.78 is 38.0. The summed E-state index contributed by atoms with van der Waals surface area (Å²) in [7, 11) is -1.04. The molecule has 0 aliphatic rings. The van der Waals surface area contributed by atoms with Gasteiger partial charge in [0.2, 0.25) is 15.9 Å². The lowest BCUT2D eigenvalue weighted by molar-refractivity contribution is -0.117. The Morgan fingerprint density at radius 2 is 1.54 bits per heavy atom. The molecule has 1 amide bonds. The molecular formula is C20H26N2O5S. The van der Waals surface area contributed by atoms with E-state index in [1.54, 1.807) is 0 Å². The van der Waals surface area contributed by atoms with Crippen LogP contribution in [0, 0.1) is 20.8 Å². The van der Waals surface area contributed by atoms with Crippen molar-refractivity contribution < 1.29 is 22.7 Å². The van der Waals surface area contributed by atoms with Crippen molar-refractivity contribution in [3.05, 3.63) is 47.0 Å². The zero-order chi connectivity index (χ0) is 21.1. The van der Waals surface area contributed by atoms with E-state index in [1.165, 1.54) is 39.3 Å². The predicted octanol–water partition coefficient (Wildman–Crippen LogP) is 2.93.